The number of nitrogens with zero attached hydrogens (tertiary/aromatic N) is 3. The van der Waals surface area contributed by atoms with Crippen molar-refractivity contribution in [3.63, 3.8) is 0 Å². The number of phenols is 1. The molecule has 6 aliphatic rings. The molecular weight excluding hydrogens is 588 g/mol. The zero-order chi connectivity index (χ0) is 28.4. The fourth-order valence-electron chi connectivity index (χ4n) is 7.93. The average molecular weight is 630 g/mol. The van der Waals surface area contributed by atoms with Gasteiger partial charge < -0.3 is 24.8 Å². The van der Waals surface area contributed by atoms with Crippen LogP contribution in [0, 0.1) is 17.8 Å². The normalized spacial score (nSPS) is 40.6. The van der Waals surface area contributed by atoms with E-state index in [1.165, 1.54) is 0 Å². The van der Waals surface area contributed by atoms with Crippen LogP contribution in [0.3, 0.4) is 0 Å². The fraction of sp³-hybridized carbons (Fsp3) is 0.645. The van der Waals surface area contributed by atoms with Gasteiger partial charge in [-0.1, -0.05) is 28.9 Å². The number of fused-ring (bicyclic) bond motifs is 2. The lowest BCUT2D eigenvalue weighted by Gasteiger charge is -2.62. The maximum Gasteiger partial charge on any atom is 0.201 e. The van der Waals surface area contributed by atoms with Gasteiger partial charge in [-0.25, -0.2) is 14.8 Å². The van der Waals surface area contributed by atoms with Gasteiger partial charge in [0, 0.05) is 62.5 Å². The molecule has 1 aliphatic carbocycles. The first-order chi connectivity index (χ1) is 19.7. The molecule has 9 nitrogen and oxygen atoms in total. The monoisotopic (exact) mass is 628 g/mol. The zero-order valence-electron chi connectivity index (χ0n) is 24.1. The van der Waals surface area contributed by atoms with E-state index in [9.17, 15) is 5.11 Å². The van der Waals surface area contributed by atoms with Gasteiger partial charge >= 0.3 is 0 Å². The molecule has 0 amide bonds. The Morgan fingerprint density at radius 3 is 2.68 bits per heavy atom. The predicted octanol–water partition coefficient (Wildman–Crippen LogP) is 5.25. The molecule has 1 aromatic heterocycles. The number of hydrogen-bond donors (Lipinski definition) is 2. The summed E-state index contributed by atoms with van der Waals surface area (Å²) in [6.07, 6.45) is 4.84. The van der Waals surface area contributed by atoms with Crippen molar-refractivity contribution in [1.29, 1.82) is 0 Å². The van der Waals surface area contributed by atoms with Crippen LogP contribution in [0.25, 0.3) is 0 Å². The SMILES string of the molecule is C[C@@H]1CC[C@@H]2[C@]34OO[C@](C)(CC[C@@H]13)O[C@H]4OC(Nc1ccc(O)c(CN3CCN(c4ccccn4)CC3)c1)[C@@]2(C)Br. The third-order valence-electron chi connectivity index (χ3n) is 10.3. The number of piperazine rings is 1. The number of benzene rings is 1. The van der Waals surface area contributed by atoms with Crippen LogP contribution in [0.4, 0.5) is 11.5 Å². The molecule has 222 valence electrons. The number of hydrogen-bond acceptors (Lipinski definition) is 9. The van der Waals surface area contributed by atoms with E-state index in [0.717, 1.165) is 68.9 Å². The number of aromatic hydroxyl groups is 1. The van der Waals surface area contributed by atoms with Crippen LogP contribution in [-0.4, -0.2) is 69.4 Å². The number of nitrogens with one attached hydrogen (secondary N) is 1. The van der Waals surface area contributed by atoms with Gasteiger partial charge in [0.25, 0.3) is 0 Å². The molecule has 5 aliphatic heterocycles. The Bertz CT molecular complexity index is 1260. The Balaban J connectivity index is 1.08. The fourth-order valence-corrected chi connectivity index (χ4v) is 8.74. The Labute approximate surface area is 250 Å². The summed E-state index contributed by atoms with van der Waals surface area (Å²) in [6.45, 7) is 10.8. The summed E-state index contributed by atoms with van der Waals surface area (Å²) in [5.41, 5.74) is 1.15. The molecule has 0 radical (unpaired) electrons. The molecule has 6 heterocycles. The van der Waals surface area contributed by atoms with E-state index in [-0.39, 0.29) is 12.1 Å². The molecule has 5 saturated heterocycles. The smallest absolute Gasteiger partial charge is 0.201 e. The second kappa shape index (κ2) is 10.3. The molecule has 1 unspecified atom stereocenters. The number of phenolic OH excluding ortho intramolecular Hbond substituents is 1. The van der Waals surface area contributed by atoms with Crippen molar-refractivity contribution in [2.75, 3.05) is 36.4 Å². The van der Waals surface area contributed by atoms with Crippen molar-refractivity contribution in [1.82, 2.24) is 9.88 Å². The third kappa shape index (κ3) is 4.75. The Hall–Kier alpha value is -1.95. The molecule has 6 fully saturated rings. The minimum atomic E-state index is -0.811. The molecule has 1 spiro atoms. The highest BCUT2D eigenvalue weighted by Crippen LogP contribution is 2.63. The minimum absolute atomic E-state index is 0.127. The first-order valence-corrected chi connectivity index (χ1v) is 15.8. The zero-order valence-corrected chi connectivity index (χ0v) is 25.7. The van der Waals surface area contributed by atoms with E-state index < -0.39 is 22.0 Å². The van der Waals surface area contributed by atoms with E-state index in [1.54, 1.807) is 6.07 Å². The highest BCUT2D eigenvalue weighted by molar-refractivity contribution is 9.10. The molecule has 1 saturated carbocycles. The van der Waals surface area contributed by atoms with Gasteiger partial charge in [-0.2, -0.15) is 0 Å². The quantitative estimate of drug-likeness (QED) is 0.262. The number of halogens is 1. The Kier molecular flexibility index (Phi) is 7.03. The molecule has 10 heteroatoms. The van der Waals surface area contributed by atoms with E-state index in [0.29, 0.717) is 24.1 Å². The summed E-state index contributed by atoms with van der Waals surface area (Å²) in [7, 11) is 0. The first-order valence-electron chi connectivity index (χ1n) is 15.0. The lowest BCUT2D eigenvalue weighted by Crippen LogP contribution is -2.74. The standard InChI is InChI=1S/C31H41BrN4O5/c1-20-7-10-25-30(3,32)27(38-28-31(25)23(20)11-12-29(2,39-28)40-41-31)34-22-8-9-24(37)21(18-22)19-35-14-16-36(17-15-35)26-6-4-5-13-33-26/h4-6,8-9,13,18,20,23,25,27-28,34,37H,7,10-12,14-17,19H2,1-3H3/t20-,23+,25+,27?,28-,29-,30+,31-/m1/s1. The van der Waals surface area contributed by atoms with Crippen LogP contribution in [0.2, 0.25) is 0 Å². The van der Waals surface area contributed by atoms with Gasteiger partial charge in [0.15, 0.2) is 11.9 Å². The second-order valence-electron chi connectivity index (χ2n) is 13.0. The van der Waals surface area contributed by atoms with Crippen LogP contribution < -0.4 is 10.2 Å². The summed E-state index contributed by atoms with van der Waals surface area (Å²) in [5, 5.41) is 14.4. The van der Waals surface area contributed by atoms with Crippen LogP contribution in [0.5, 0.6) is 5.75 Å². The van der Waals surface area contributed by atoms with Crippen LogP contribution in [-0.2, 0) is 25.8 Å². The van der Waals surface area contributed by atoms with Gasteiger partial charge in [-0.15, -0.1) is 0 Å². The van der Waals surface area contributed by atoms with Crippen molar-refractivity contribution < 1.29 is 24.4 Å². The highest BCUT2D eigenvalue weighted by atomic mass is 79.9. The van der Waals surface area contributed by atoms with Crippen molar-refractivity contribution in [3.05, 3.63) is 48.2 Å². The number of anilines is 2. The number of rotatable bonds is 5. The molecule has 8 atom stereocenters. The molecule has 2 N–H and O–H groups in total. The van der Waals surface area contributed by atoms with E-state index in [2.05, 4.69) is 55.9 Å². The molecule has 2 aromatic rings. The molecule has 2 bridgehead atoms. The van der Waals surface area contributed by atoms with Gasteiger partial charge in [0.1, 0.15) is 17.8 Å². The van der Waals surface area contributed by atoms with Crippen molar-refractivity contribution >= 4 is 27.4 Å². The molecular formula is C31H41BrN4O5. The molecule has 1 aromatic carbocycles. The first kappa shape index (κ1) is 27.9. The third-order valence-corrected chi connectivity index (χ3v) is 11.3. The second-order valence-corrected chi connectivity index (χ2v) is 14.7. The predicted molar refractivity (Wildman–Crippen MR) is 158 cm³/mol. The largest absolute Gasteiger partial charge is 0.508 e. The summed E-state index contributed by atoms with van der Waals surface area (Å²) in [5.74, 6) is 1.44. The summed E-state index contributed by atoms with van der Waals surface area (Å²) < 4.78 is 12.9. The van der Waals surface area contributed by atoms with E-state index in [4.69, 9.17) is 19.2 Å². The van der Waals surface area contributed by atoms with E-state index >= 15 is 0 Å². The number of aromatic nitrogens is 1. The van der Waals surface area contributed by atoms with Crippen molar-refractivity contribution in [2.24, 2.45) is 17.8 Å². The average Bonchev–Trinajstić information content (AvgIpc) is 3.20. The van der Waals surface area contributed by atoms with Crippen LogP contribution >= 0.6 is 15.9 Å². The summed E-state index contributed by atoms with van der Waals surface area (Å²) >= 11 is 4.11. The molecule has 8 rings (SSSR count). The number of ether oxygens (including phenoxy) is 2. The van der Waals surface area contributed by atoms with E-state index in [1.807, 2.05) is 37.4 Å². The van der Waals surface area contributed by atoms with Crippen LogP contribution in [0.15, 0.2) is 42.6 Å². The summed E-state index contributed by atoms with van der Waals surface area (Å²) in [6, 6.07) is 11.8. The molecule has 41 heavy (non-hydrogen) atoms. The van der Waals surface area contributed by atoms with Gasteiger partial charge in [0.2, 0.25) is 5.79 Å². The van der Waals surface area contributed by atoms with Gasteiger partial charge in [-0.3, -0.25) is 4.90 Å². The Morgan fingerprint density at radius 1 is 1.07 bits per heavy atom. The van der Waals surface area contributed by atoms with Gasteiger partial charge in [-0.05, 0) is 75.3 Å². The Morgan fingerprint density at radius 2 is 1.90 bits per heavy atom. The lowest BCUT2D eigenvalue weighted by atomic mass is 9.58. The van der Waals surface area contributed by atoms with Crippen molar-refractivity contribution in [3.8, 4) is 5.75 Å². The summed E-state index contributed by atoms with van der Waals surface area (Å²) in [4.78, 5) is 21.5. The number of alkyl halides is 1. The maximum atomic E-state index is 10.8. The van der Waals surface area contributed by atoms with Gasteiger partial charge in [0.05, 0.1) is 4.32 Å². The number of pyridine rings is 1. The van der Waals surface area contributed by atoms with Crippen LogP contribution in [0.1, 0.15) is 52.0 Å². The minimum Gasteiger partial charge on any atom is -0.508 e. The lowest BCUT2D eigenvalue weighted by molar-refractivity contribution is -0.568. The topological polar surface area (TPSA) is 88.5 Å². The highest BCUT2D eigenvalue weighted by Gasteiger charge is 2.72. The maximum absolute atomic E-state index is 10.8. The van der Waals surface area contributed by atoms with Crippen molar-refractivity contribution in [2.45, 2.75) is 81.2 Å².